The number of likely N-dealkylation sites (N-methyl/N-ethyl adjacent to an activating group) is 1. The van der Waals surface area contributed by atoms with Gasteiger partial charge in [-0.3, -0.25) is 13.8 Å². The number of aliphatic hydroxyl groups is 1. The fourth-order valence-electron chi connectivity index (χ4n) is 7.66. The van der Waals surface area contributed by atoms with Crippen molar-refractivity contribution in [1.29, 1.82) is 0 Å². The zero-order valence-corrected chi connectivity index (χ0v) is 42.5. The molecule has 62 heavy (non-hydrogen) atoms. The molecule has 0 fully saturated rings. The van der Waals surface area contributed by atoms with E-state index < -0.39 is 20.0 Å². The second-order valence-corrected chi connectivity index (χ2v) is 20.7. The van der Waals surface area contributed by atoms with Gasteiger partial charge < -0.3 is 19.8 Å². The summed E-state index contributed by atoms with van der Waals surface area (Å²) in [5.41, 5.74) is 0. The van der Waals surface area contributed by atoms with Gasteiger partial charge >= 0.3 is 7.82 Å². The summed E-state index contributed by atoms with van der Waals surface area (Å²) in [4.78, 5) is 23.2. The molecule has 0 aliphatic carbocycles. The predicted molar refractivity (Wildman–Crippen MR) is 268 cm³/mol. The highest BCUT2D eigenvalue weighted by molar-refractivity contribution is 7.47. The molecule has 366 valence electrons. The Labute approximate surface area is 385 Å². The molecule has 9 heteroatoms. The van der Waals surface area contributed by atoms with E-state index in [1.165, 1.54) is 161 Å². The number of aliphatic hydroxyl groups excluding tert-OH is 1. The van der Waals surface area contributed by atoms with Crippen LogP contribution in [0.15, 0.2) is 36.5 Å². The number of hydrogen-bond donors (Lipinski definition) is 3. The zero-order chi connectivity index (χ0) is 45.7. The molecule has 0 rings (SSSR count). The summed E-state index contributed by atoms with van der Waals surface area (Å²) in [7, 11) is 1.57. The third kappa shape index (κ3) is 46.7. The zero-order valence-electron chi connectivity index (χ0n) is 41.6. The number of amides is 1. The van der Waals surface area contributed by atoms with Crippen LogP contribution < -0.4 is 5.32 Å². The van der Waals surface area contributed by atoms with Crippen LogP contribution in [0.4, 0.5) is 0 Å². The minimum atomic E-state index is -4.35. The first-order valence-corrected chi connectivity index (χ1v) is 27.9. The number of unbranched alkanes of at least 4 members (excludes halogenated alkanes) is 31. The summed E-state index contributed by atoms with van der Waals surface area (Å²) in [6.07, 6.45) is 56.6. The Bertz CT molecular complexity index is 1110. The van der Waals surface area contributed by atoms with Crippen molar-refractivity contribution in [3.8, 4) is 0 Å². The molecular weight excluding hydrogens is 792 g/mol. The summed E-state index contributed by atoms with van der Waals surface area (Å²) < 4.78 is 23.6. The molecule has 0 bridgehead atoms. The first-order valence-electron chi connectivity index (χ1n) is 26.4. The SMILES string of the molecule is CCCCCC/C=C\C/C=C\CCCCCCCC(=O)NC(COP(=O)(O)OCC[N+](C)(C)C)C(O)/C=C/CCCCCCCCCCCCCCCCCCCCCCCC. The topological polar surface area (TPSA) is 105 Å². The monoisotopic (exact) mass is 896 g/mol. The molecule has 8 nitrogen and oxygen atoms in total. The van der Waals surface area contributed by atoms with Gasteiger partial charge in [0.25, 0.3) is 0 Å². The van der Waals surface area contributed by atoms with Crippen molar-refractivity contribution in [3.05, 3.63) is 36.5 Å². The third-order valence-electron chi connectivity index (χ3n) is 11.9. The molecule has 0 aliphatic heterocycles. The van der Waals surface area contributed by atoms with E-state index in [0.717, 1.165) is 64.2 Å². The van der Waals surface area contributed by atoms with Gasteiger partial charge in [0.05, 0.1) is 39.9 Å². The Morgan fingerprint density at radius 2 is 0.919 bits per heavy atom. The predicted octanol–water partition coefficient (Wildman–Crippen LogP) is 15.4. The van der Waals surface area contributed by atoms with Gasteiger partial charge in [0, 0.05) is 6.42 Å². The molecule has 0 saturated heterocycles. The molecule has 3 N–H and O–H groups in total. The van der Waals surface area contributed by atoms with Crippen LogP contribution in [-0.4, -0.2) is 73.4 Å². The van der Waals surface area contributed by atoms with E-state index in [4.69, 9.17) is 9.05 Å². The molecule has 0 aromatic rings. The number of hydrogen-bond acceptors (Lipinski definition) is 5. The van der Waals surface area contributed by atoms with Gasteiger partial charge in [-0.2, -0.15) is 0 Å². The summed E-state index contributed by atoms with van der Waals surface area (Å²) >= 11 is 0. The van der Waals surface area contributed by atoms with Crippen LogP contribution in [0.25, 0.3) is 0 Å². The van der Waals surface area contributed by atoms with Gasteiger partial charge in [-0.15, -0.1) is 0 Å². The largest absolute Gasteiger partial charge is 0.472 e. The minimum Gasteiger partial charge on any atom is -0.387 e. The maximum atomic E-state index is 12.9. The summed E-state index contributed by atoms with van der Waals surface area (Å²) in [5.74, 6) is -0.189. The van der Waals surface area contributed by atoms with Crippen LogP contribution in [0.5, 0.6) is 0 Å². The fourth-order valence-corrected chi connectivity index (χ4v) is 8.40. The van der Waals surface area contributed by atoms with Crippen LogP contribution in [-0.2, 0) is 18.4 Å². The maximum Gasteiger partial charge on any atom is 0.472 e. The van der Waals surface area contributed by atoms with Gasteiger partial charge in [0.15, 0.2) is 0 Å². The Morgan fingerprint density at radius 1 is 0.548 bits per heavy atom. The van der Waals surface area contributed by atoms with Crippen molar-refractivity contribution in [2.45, 2.75) is 257 Å². The van der Waals surface area contributed by atoms with Crippen molar-refractivity contribution in [1.82, 2.24) is 5.32 Å². The van der Waals surface area contributed by atoms with Crippen LogP contribution in [0.1, 0.15) is 245 Å². The lowest BCUT2D eigenvalue weighted by molar-refractivity contribution is -0.870. The van der Waals surface area contributed by atoms with E-state index >= 15 is 0 Å². The van der Waals surface area contributed by atoms with Crippen molar-refractivity contribution in [3.63, 3.8) is 0 Å². The van der Waals surface area contributed by atoms with E-state index in [1.807, 2.05) is 27.2 Å². The number of phosphoric acid groups is 1. The summed E-state index contributed by atoms with van der Waals surface area (Å²) in [6, 6.07) is -0.853. The van der Waals surface area contributed by atoms with E-state index in [1.54, 1.807) is 6.08 Å². The Kier molecular flexibility index (Phi) is 44.0. The molecule has 0 aliphatic rings. The van der Waals surface area contributed by atoms with E-state index in [9.17, 15) is 19.4 Å². The van der Waals surface area contributed by atoms with E-state index in [0.29, 0.717) is 17.4 Å². The second-order valence-electron chi connectivity index (χ2n) is 19.3. The molecular formula is C53H104N2O6P+. The normalized spacial score (nSPS) is 14.4. The van der Waals surface area contributed by atoms with Crippen molar-refractivity contribution in [2.75, 3.05) is 40.9 Å². The lowest BCUT2D eigenvalue weighted by Gasteiger charge is -2.25. The lowest BCUT2D eigenvalue weighted by atomic mass is 10.0. The number of rotatable bonds is 48. The number of nitrogens with one attached hydrogen (secondary N) is 1. The van der Waals surface area contributed by atoms with E-state index in [-0.39, 0.29) is 19.1 Å². The van der Waals surface area contributed by atoms with E-state index in [2.05, 4.69) is 43.5 Å². The number of phosphoric ester groups is 1. The smallest absolute Gasteiger partial charge is 0.387 e. The van der Waals surface area contributed by atoms with Gasteiger partial charge in [-0.25, -0.2) is 4.57 Å². The Balaban J connectivity index is 4.27. The number of carbonyl (C=O) groups is 1. The Hall–Kier alpha value is -1.28. The lowest BCUT2D eigenvalue weighted by Crippen LogP contribution is -2.45. The van der Waals surface area contributed by atoms with Crippen molar-refractivity contribution >= 4 is 13.7 Å². The molecule has 0 aromatic carbocycles. The Morgan fingerprint density at radius 3 is 1.34 bits per heavy atom. The molecule has 3 atom stereocenters. The van der Waals surface area contributed by atoms with Crippen molar-refractivity contribution < 1.29 is 32.9 Å². The minimum absolute atomic E-state index is 0.0587. The van der Waals surface area contributed by atoms with Gasteiger partial charge in [-0.05, 0) is 51.4 Å². The second kappa shape index (κ2) is 44.9. The number of quaternary nitrogens is 1. The molecule has 0 heterocycles. The number of carbonyl (C=O) groups excluding carboxylic acids is 1. The average molecular weight is 896 g/mol. The molecule has 0 radical (unpaired) electrons. The third-order valence-corrected chi connectivity index (χ3v) is 12.8. The van der Waals surface area contributed by atoms with Crippen LogP contribution >= 0.6 is 7.82 Å². The standard InChI is InChI=1S/C53H103N2O6P/c1-6-8-10-12-14-16-18-20-22-24-25-26-27-28-29-30-31-32-34-36-38-40-42-44-46-52(56)51(50-61-62(58,59)60-49-48-55(3,4)5)54-53(57)47-45-43-41-39-37-35-33-23-21-19-17-15-13-11-9-7-2/h17,19,23,33,44,46,51-52,56H,6-16,18,20-22,24-32,34-43,45,47-50H2,1-5H3,(H-,54,57,58,59)/p+1/b19-17-,33-23-,46-44+. The average Bonchev–Trinajstić information content (AvgIpc) is 3.23. The van der Waals surface area contributed by atoms with Crippen LogP contribution in [0.3, 0.4) is 0 Å². The van der Waals surface area contributed by atoms with Crippen LogP contribution in [0.2, 0.25) is 0 Å². The number of nitrogens with zero attached hydrogens (tertiary/aromatic N) is 1. The summed E-state index contributed by atoms with van der Waals surface area (Å²) in [6.45, 7) is 4.81. The number of allylic oxidation sites excluding steroid dienone is 5. The highest BCUT2D eigenvalue weighted by Gasteiger charge is 2.27. The molecule has 0 spiro atoms. The van der Waals surface area contributed by atoms with Gasteiger partial charge in [0.1, 0.15) is 13.2 Å². The first kappa shape index (κ1) is 60.7. The molecule has 0 saturated carbocycles. The fraction of sp³-hybridized carbons (Fsp3) is 0.868. The highest BCUT2D eigenvalue weighted by Crippen LogP contribution is 2.43. The molecule has 1 amide bonds. The molecule has 0 aromatic heterocycles. The van der Waals surface area contributed by atoms with Gasteiger partial charge in [-0.1, -0.05) is 224 Å². The highest BCUT2D eigenvalue weighted by atomic mass is 31.2. The molecule has 3 unspecified atom stereocenters. The van der Waals surface area contributed by atoms with Gasteiger partial charge in [0.2, 0.25) is 5.91 Å². The first-order chi connectivity index (χ1) is 30.0. The quantitative estimate of drug-likeness (QED) is 0.0243. The maximum absolute atomic E-state index is 12.9. The van der Waals surface area contributed by atoms with Crippen LogP contribution in [0, 0.1) is 0 Å². The van der Waals surface area contributed by atoms with Crippen molar-refractivity contribution in [2.24, 2.45) is 0 Å². The summed E-state index contributed by atoms with van der Waals surface area (Å²) in [5, 5.41) is 13.9.